The van der Waals surface area contributed by atoms with Gasteiger partial charge in [-0.05, 0) is 56.2 Å². The molecule has 2 rings (SSSR count). The number of anilines is 1. The smallest absolute Gasteiger partial charge is 0.312 e. The highest BCUT2D eigenvalue weighted by molar-refractivity contribution is 8.00. The van der Waals surface area contributed by atoms with Crippen molar-refractivity contribution in [3.63, 3.8) is 0 Å². The minimum atomic E-state index is -4.39. The number of alkyl halides is 6. The van der Waals surface area contributed by atoms with Crippen LogP contribution in [0.2, 0.25) is 0 Å². The van der Waals surface area contributed by atoms with Crippen LogP contribution >= 0.6 is 11.8 Å². The van der Waals surface area contributed by atoms with Crippen molar-refractivity contribution in [3.05, 3.63) is 59.2 Å². The van der Waals surface area contributed by atoms with E-state index in [1.54, 1.807) is 30.5 Å². The summed E-state index contributed by atoms with van der Waals surface area (Å²) in [6.45, 7) is 10.3. The van der Waals surface area contributed by atoms with Crippen LogP contribution in [0.5, 0.6) is 0 Å². The Labute approximate surface area is 201 Å². The fourth-order valence-electron chi connectivity index (χ4n) is 3.13. The molecule has 0 unspecified atom stereocenters. The van der Waals surface area contributed by atoms with Crippen LogP contribution in [0.1, 0.15) is 57.2 Å². The SMILES string of the molecule is CC(F)(F)F.CCC(=O)N(CCC(C)(C)Sc1cccc(C)c1)c1ccc(C(F)(F)F)cc1C. The zero-order valence-corrected chi connectivity index (χ0v) is 21.0. The summed E-state index contributed by atoms with van der Waals surface area (Å²) in [6, 6.07) is 11.8. The number of hydrogen-bond donors (Lipinski definition) is 0. The molecule has 0 aliphatic rings. The standard InChI is InChI=1S/C23H28F3NOS.C2H3F3/c1-6-21(28)27(20-11-10-18(15-17(20)3)23(24,25)26)13-12-22(4,5)29-19-9-7-8-16(2)14-19;1-2(3,4)5/h7-11,14-15H,6,12-13H2,1-5H3;1H3. The predicted octanol–water partition coefficient (Wildman–Crippen LogP) is 8.59. The molecular formula is C25H31F6NOS. The Balaban J connectivity index is 0.00000104. The first-order valence-corrected chi connectivity index (χ1v) is 11.5. The van der Waals surface area contributed by atoms with Crippen LogP contribution in [0.25, 0.3) is 0 Å². The van der Waals surface area contributed by atoms with Crippen molar-refractivity contribution in [2.24, 2.45) is 0 Å². The molecule has 0 aromatic heterocycles. The fourth-order valence-corrected chi connectivity index (χ4v) is 4.36. The Bertz CT molecular complexity index is 947. The summed E-state index contributed by atoms with van der Waals surface area (Å²) in [5, 5.41) is 0. The van der Waals surface area contributed by atoms with E-state index in [9.17, 15) is 31.1 Å². The van der Waals surface area contributed by atoms with E-state index in [1.807, 2.05) is 19.1 Å². The van der Waals surface area contributed by atoms with Crippen LogP contribution < -0.4 is 4.90 Å². The highest BCUT2D eigenvalue weighted by Gasteiger charge is 2.31. The molecule has 0 bridgehead atoms. The van der Waals surface area contributed by atoms with Crippen LogP contribution in [-0.2, 0) is 11.0 Å². The fraction of sp³-hybridized carbons (Fsp3) is 0.480. The lowest BCUT2D eigenvalue weighted by Gasteiger charge is -2.30. The van der Waals surface area contributed by atoms with E-state index in [0.717, 1.165) is 17.0 Å². The number of amides is 1. The van der Waals surface area contributed by atoms with Gasteiger partial charge < -0.3 is 4.90 Å². The molecule has 0 N–H and O–H groups in total. The second-order valence-corrected chi connectivity index (χ2v) is 10.4. The molecule has 1 amide bonds. The molecular weight excluding hydrogens is 476 g/mol. The Morgan fingerprint density at radius 3 is 2.00 bits per heavy atom. The number of hydrogen-bond acceptors (Lipinski definition) is 2. The Hall–Kier alpha value is -2.16. The van der Waals surface area contributed by atoms with E-state index in [2.05, 4.69) is 26.0 Å². The van der Waals surface area contributed by atoms with Crippen molar-refractivity contribution in [1.29, 1.82) is 0 Å². The van der Waals surface area contributed by atoms with Gasteiger partial charge in [0, 0.05) is 35.2 Å². The molecule has 0 aliphatic heterocycles. The Morgan fingerprint density at radius 1 is 0.941 bits per heavy atom. The molecule has 2 aromatic carbocycles. The van der Waals surface area contributed by atoms with Crippen molar-refractivity contribution in [2.75, 3.05) is 11.4 Å². The van der Waals surface area contributed by atoms with E-state index < -0.39 is 17.9 Å². The minimum Gasteiger partial charge on any atom is -0.312 e. The van der Waals surface area contributed by atoms with Gasteiger partial charge >= 0.3 is 12.4 Å². The molecule has 9 heteroatoms. The van der Waals surface area contributed by atoms with Gasteiger partial charge in [0.15, 0.2) is 0 Å². The first-order valence-electron chi connectivity index (χ1n) is 10.7. The third-order valence-corrected chi connectivity index (χ3v) is 5.99. The van der Waals surface area contributed by atoms with E-state index >= 15 is 0 Å². The minimum absolute atomic E-state index is 0.0933. The summed E-state index contributed by atoms with van der Waals surface area (Å²) < 4.78 is 69.9. The number of benzene rings is 2. The van der Waals surface area contributed by atoms with E-state index in [1.165, 1.54) is 11.6 Å². The highest BCUT2D eigenvalue weighted by atomic mass is 32.2. The molecule has 0 fully saturated rings. The molecule has 2 nitrogen and oxygen atoms in total. The average molecular weight is 508 g/mol. The summed E-state index contributed by atoms with van der Waals surface area (Å²) in [5.41, 5.74) is 1.49. The molecule has 0 atom stereocenters. The van der Waals surface area contributed by atoms with Gasteiger partial charge in [0.25, 0.3) is 0 Å². The maximum Gasteiger partial charge on any atom is 0.416 e. The highest BCUT2D eigenvalue weighted by Crippen LogP contribution is 2.37. The van der Waals surface area contributed by atoms with Gasteiger partial charge in [0.1, 0.15) is 0 Å². The number of halogens is 6. The number of aryl methyl sites for hydroxylation is 2. The van der Waals surface area contributed by atoms with Crippen LogP contribution in [0.15, 0.2) is 47.4 Å². The zero-order chi connectivity index (χ0) is 26.3. The zero-order valence-electron chi connectivity index (χ0n) is 20.2. The van der Waals surface area contributed by atoms with Gasteiger partial charge in [0.05, 0.1) is 5.56 Å². The molecule has 0 saturated carbocycles. The van der Waals surface area contributed by atoms with Crippen LogP contribution in [-0.4, -0.2) is 23.4 Å². The quantitative estimate of drug-likeness (QED) is 0.276. The third-order valence-electron chi connectivity index (χ3n) is 4.74. The predicted molar refractivity (Wildman–Crippen MR) is 126 cm³/mol. The maximum atomic E-state index is 13.0. The van der Waals surface area contributed by atoms with E-state index in [-0.39, 0.29) is 17.6 Å². The molecule has 0 aliphatic carbocycles. The Kier molecular flexibility index (Phi) is 10.5. The average Bonchev–Trinajstić information content (AvgIpc) is 2.66. The molecule has 0 heterocycles. The number of thioether (sulfide) groups is 1. The lowest BCUT2D eigenvalue weighted by molar-refractivity contribution is -0.137. The van der Waals surface area contributed by atoms with Gasteiger partial charge in [-0.15, -0.1) is 11.8 Å². The second kappa shape index (κ2) is 12.0. The molecule has 0 spiro atoms. The number of carbonyl (C=O) groups excluding carboxylic acids is 1. The van der Waals surface area contributed by atoms with Gasteiger partial charge in [-0.25, -0.2) is 0 Å². The van der Waals surface area contributed by atoms with Crippen molar-refractivity contribution in [3.8, 4) is 0 Å². The van der Waals surface area contributed by atoms with Gasteiger partial charge in [-0.2, -0.15) is 26.3 Å². The topological polar surface area (TPSA) is 20.3 Å². The molecule has 34 heavy (non-hydrogen) atoms. The summed E-state index contributed by atoms with van der Waals surface area (Å²) in [7, 11) is 0. The molecule has 190 valence electrons. The van der Waals surface area contributed by atoms with Gasteiger partial charge in [0.2, 0.25) is 5.91 Å². The normalized spacial score (nSPS) is 12.1. The van der Waals surface area contributed by atoms with Crippen molar-refractivity contribution >= 4 is 23.4 Å². The maximum absolute atomic E-state index is 13.0. The second-order valence-electron chi connectivity index (χ2n) is 8.61. The van der Waals surface area contributed by atoms with Gasteiger partial charge in [-0.3, -0.25) is 4.79 Å². The third kappa shape index (κ3) is 10.8. The summed E-state index contributed by atoms with van der Waals surface area (Å²) >= 11 is 1.74. The van der Waals surface area contributed by atoms with Gasteiger partial charge in [-0.1, -0.05) is 38.5 Å². The molecule has 0 radical (unpaired) electrons. The van der Waals surface area contributed by atoms with Crippen LogP contribution in [0.3, 0.4) is 0 Å². The van der Waals surface area contributed by atoms with Crippen LogP contribution in [0, 0.1) is 13.8 Å². The largest absolute Gasteiger partial charge is 0.416 e. The first-order chi connectivity index (χ1) is 15.4. The lowest BCUT2D eigenvalue weighted by Crippen LogP contribution is -2.35. The Morgan fingerprint density at radius 2 is 1.53 bits per heavy atom. The van der Waals surface area contributed by atoms with Crippen molar-refractivity contribution in [1.82, 2.24) is 0 Å². The van der Waals surface area contributed by atoms with Crippen LogP contribution in [0.4, 0.5) is 32.0 Å². The number of rotatable bonds is 7. The lowest BCUT2D eigenvalue weighted by atomic mass is 10.1. The summed E-state index contributed by atoms with van der Waals surface area (Å²) in [4.78, 5) is 15.3. The number of nitrogens with zero attached hydrogens (tertiary/aromatic N) is 1. The molecule has 2 aromatic rings. The van der Waals surface area contributed by atoms with Crippen molar-refractivity contribution in [2.45, 2.75) is 76.4 Å². The van der Waals surface area contributed by atoms with Crippen molar-refractivity contribution < 1.29 is 31.1 Å². The summed E-state index contributed by atoms with van der Waals surface area (Å²) in [5.74, 6) is -0.0933. The van der Waals surface area contributed by atoms with E-state index in [0.29, 0.717) is 30.6 Å². The molecule has 0 saturated heterocycles. The summed E-state index contributed by atoms with van der Waals surface area (Å²) in [6.07, 6.45) is -7.39. The number of carbonyl (C=O) groups is 1. The monoisotopic (exact) mass is 507 g/mol. The first kappa shape index (κ1) is 29.9. The van der Waals surface area contributed by atoms with E-state index in [4.69, 9.17) is 0 Å².